The molecule has 98 valence electrons. The number of aromatic amines is 1. The highest BCUT2D eigenvalue weighted by atomic mass is 35.5. The summed E-state index contributed by atoms with van der Waals surface area (Å²) in [7, 11) is 0. The number of fused-ring (bicyclic) bond motifs is 1. The Morgan fingerprint density at radius 1 is 1.39 bits per heavy atom. The maximum absolute atomic E-state index is 9.10. The Balaban J connectivity index is 2.08. The zero-order valence-corrected chi connectivity index (χ0v) is 11.5. The van der Waals surface area contributed by atoms with Crippen molar-refractivity contribution in [2.24, 2.45) is 5.92 Å². The molecule has 0 aliphatic rings. The molecular formula is C14H19ClN2O. The molecule has 0 saturated carbocycles. The van der Waals surface area contributed by atoms with Crippen molar-refractivity contribution in [2.75, 3.05) is 6.61 Å². The molecule has 1 heterocycles. The van der Waals surface area contributed by atoms with Crippen LogP contribution < -0.4 is 5.32 Å². The monoisotopic (exact) mass is 266 g/mol. The van der Waals surface area contributed by atoms with Gasteiger partial charge in [-0.2, -0.15) is 0 Å². The molecule has 1 aromatic carbocycles. The molecule has 1 aromatic heterocycles. The Kier molecular flexibility index (Phi) is 4.27. The van der Waals surface area contributed by atoms with Crippen LogP contribution in [0.4, 0.5) is 0 Å². The van der Waals surface area contributed by atoms with Gasteiger partial charge in [-0.05, 0) is 30.5 Å². The zero-order valence-electron chi connectivity index (χ0n) is 10.7. The fourth-order valence-electron chi connectivity index (χ4n) is 1.94. The summed E-state index contributed by atoms with van der Waals surface area (Å²) in [5, 5.41) is 14.5. The van der Waals surface area contributed by atoms with E-state index in [-0.39, 0.29) is 18.6 Å². The first-order valence-corrected chi connectivity index (χ1v) is 6.59. The number of nitrogens with one attached hydrogen (secondary N) is 2. The Labute approximate surface area is 112 Å². The van der Waals surface area contributed by atoms with Gasteiger partial charge in [0.05, 0.1) is 0 Å². The molecule has 0 aliphatic heterocycles. The molecule has 0 radical (unpaired) electrons. The number of hydrogen-bond donors (Lipinski definition) is 3. The summed E-state index contributed by atoms with van der Waals surface area (Å²) in [5.41, 5.74) is 2.28. The van der Waals surface area contributed by atoms with E-state index in [0.717, 1.165) is 17.1 Å². The minimum absolute atomic E-state index is 0.206. The lowest BCUT2D eigenvalue weighted by Gasteiger charge is -2.19. The summed E-state index contributed by atoms with van der Waals surface area (Å²) >= 11 is 5.95. The van der Waals surface area contributed by atoms with Crippen LogP contribution in [0.25, 0.3) is 10.9 Å². The summed E-state index contributed by atoms with van der Waals surface area (Å²) < 4.78 is 0. The molecule has 0 spiro atoms. The third-order valence-corrected chi connectivity index (χ3v) is 3.72. The SMILES string of the molecule is CC(CO)C(C)NCc1c[nH]c2cc(Cl)ccc12. The molecule has 2 rings (SSSR count). The van der Waals surface area contributed by atoms with Crippen LogP contribution in [0.5, 0.6) is 0 Å². The summed E-state index contributed by atoms with van der Waals surface area (Å²) in [5.74, 6) is 0.254. The minimum atomic E-state index is 0.206. The van der Waals surface area contributed by atoms with Crippen molar-refractivity contribution in [1.82, 2.24) is 10.3 Å². The van der Waals surface area contributed by atoms with Crippen LogP contribution in [-0.4, -0.2) is 22.7 Å². The van der Waals surface area contributed by atoms with Crippen LogP contribution in [0.3, 0.4) is 0 Å². The Morgan fingerprint density at radius 2 is 2.17 bits per heavy atom. The lowest BCUT2D eigenvalue weighted by molar-refractivity contribution is 0.207. The lowest BCUT2D eigenvalue weighted by Crippen LogP contribution is -2.33. The summed E-state index contributed by atoms with van der Waals surface area (Å²) in [4.78, 5) is 3.22. The van der Waals surface area contributed by atoms with E-state index in [9.17, 15) is 0 Å². The van der Waals surface area contributed by atoms with Gasteiger partial charge >= 0.3 is 0 Å². The maximum Gasteiger partial charge on any atom is 0.0472 e. The van der Waals surface area contributed by atoms with Gasteiger partial charge in [-0.25, -0.2) is 0 Å². The fraction of sp³-hybridized carbons (Fsp3) is 0.429. The van der Waals surface area contributed by atoms with Crippen LogP contribution >= 0.6 is 11.6 Å². The van der Waals surface area contributed by atoms with E-state index in [4.69, 9.17) is 16.7 Å². The highest BCUT2D eigenvalue weighted by Crippen LogP contribution is 2.22. The number of aliphatic hydroxyl groups is 1. The molecule has 2 unspecified atom stereocenters. The fourth-order valence-corrected chi connectivity index (χ4v) is 2.11. The Bertz CT molecular complexity index is 523. The van der Waals surface area contributed by atoms with Gasteiger partial charge in [0.15, 0.2) is 0 Å². The number of rotatable bonds is 5. The molecule has 18 heavy (non-hydrogen) atoms. The molecule has 2 atom stereocenters. The van der Waals surface area contributed by atoms with Gasteiger partial charge in [0.25, 0.3) is 0 Å². The van der Waals surface area contributed by atoms with Crippen molar-refractivity contribution in [3.63, 3.8) is 0 Å². The topological polar surface area (TPSA) is 48.0 Å². The standard InChI is InChI=1S/C14H19ClN2O/c1-9(8-18)10(2)16-6-11-7-17-14-5-12(15)3-4-13(11)14/h3-5,7,9-10,16-18H,6,8H2,1-2H3. The molecule has 0 aliphatic carbocycles. The molecule has 2 aromatic rings. The van der Waals surface area contributed by atoms with Crippen molar-refractivity contribution < 1.29 is 5.11 Å². The van der Waals surface area contributed by atoms with Crippen molar-refractivity contribution in [2.45, 2.75) is 26.4 Å². The molecular weight excluding hydrogens is 248 g/mol. The van der Waals surface area contributed by atoms with Gasteiger partial charge in [-0.15, -0.1) is 0 Å². The predicted octanol–water partition coefficient (Wildman–Crippen LogP) is 2.93. The second-order valence-electron chi connectivity index (χ2n) is 4.83. The summed E-state index contributed by atoms with van der Waals surface area (Å²) in [6, 6.07) is 6.15. The zero-order chi connectivity index (χ0) is 13.1. The molecule has 0 fully saturated rings. The maximum atomic E-state index is 9.10. The molecule has 0 saturated heterocycles. The van der Waals surface area contributed by atoms with Gasteiger partial charge in [-0.3, -0.25) is 0 Å². The number of hydrogen-bond acceptors (Lipinski definition) is 2. The highest BCUT2D eigenvalue weighted by Gasteiger charge is 2.11. The van der Waals surface area contributed by atoms with E-state index in [1.807, 2.05) is 31.3 Å². The molecule has 0 bridgehead atoms. The second kappa shape index (κ2) is 5.74. The van der Waals surface area contributed by atoms with Gasteiger partial charge in [0, 0.05) is 41.3 Å². The van der Waals surface area contributed by atoms with Gasteiger partial charge < -0.3 is 15.4 Å². The largest absolute Gasteiger partial charge is 0.396 e. The van der Waals surface area contributed by atoms with Crippen LogP contribution in [0.2, 0.25) is 5.02 Å². The predicted molar refractivity (Wildman–Crippen MR) is 75.9 cm³/mol. The second-order valence-corrected chi connectivity index (χ2v) is 5.27. The average molecular weight is 267 g/mol. The average Bonchev–Trinajstić information content (AvgIpc) is 2.77. The van der Waals surface area contributed by atoms with Crippen molar-refractivity contribution >= 4 is 22.5 Å². The summed E-state index contributed by atoms with van der Waals surface area (Å²) in [6.07, 6.45) is 2.00. The quantitative estimate of drug-likeness (QED) is 0.779. The van der Waals surface area contributed by atoms with E-state index in [1.54, 1.807) is 0 Å². The van der Waals surface area contributed by atoms with Crippen LogP contribution in [0.15, 0.2) is 24.4 Å². The first kappa shape index (κ1) is 13.4. The molecule has 3 nitrogen and oxygen atoms in total. The first-order chi connectivity index (χ1) is 8.61. The number of aliphatic hydroxyl groups excluding tert-OH is 1. The van der Waals surface area contributed by atoms with Crippen molar-refractivity contribution in [3.8, 4) is 0 Å². The van der Waals surface area contributed by atoms with Gasteiger partial charge in [0.1, 0.15) is 0 Å². The van der Waals surface area contributed by atoms with Gasteiger partial charge in [0.2, 0.25) is 0 Å². The van der Waals surface area contributed by atoms with E-state index in [0.29, 0.717) is 0 Å². The lowest BCUT2D eigenvalue weighted by atomic mass is 10.0. The van der Waals surface area contributed by atoms with Crippen LogP contribution in [0, 0.1) is 5.92 Å². The third kappa shape index (κ3) is 2.86. The molecule has 3 N–H and O–H groups in total. The minimum Gasteiger partial charge on any atom is -0.396 e. The number of halogens is 1. The molecule has 4 heteroatoms. The highest BCUT2D eigenvalue weighted by molar-refractivity contribution is 6.31. The number of aromatic nitrogens is 1. The van der Waals surface area contributed by atoms with Crippen molar-refractivity contribution in [1.29, 1.82) is 0 Å². The third-order valence-electron chi connectivity index (χ3n) is 3.49. The van der Waals surface area contributed by atoms with E-state index in [1.165, 1.54) is 10.9 Å². The van der Waals surface area contributed by atoms with Gasteiger partial charge in [-0.1, -0.05) is 24.6 Å². The summed E-state index contributed by atoms with van der Waals surface area (Å²) in [6.45, 7) is 5.12. The van der Waals surface area contributed by atoms with E-state index < -0.39 is 0 Å². The Morgan fingerprint density at radius 3 is 2.89 bits per heavy atom. The number of benzene rings is 1. The van der Waals surface area contributed by atoms with Crippen LogP contribution in [0.1, 0.15) is 19.4 Å². The van der Waals surface area contributed by atoms with Crippen molar-refractivity contribution in [3.05, 3.63) is 35.0 Å². The van der Waals surface area contributed by atoms with E-state index >= 15 is 0 Å². The number of H-pyrrole nitrogens is 1. The Hall–Kier alpha value is -1.03. The normalized spacial score (nSPS) is 14.9. The van der Waals surface area contributed by atoms with E-state index in [2.05, 4.69) is 17.2 Å². The van der Waals surface area contributed by atoms with Crippen LogP contribution in [-0.2, 0) is 6.54 Å². The first-order valence-electron chi connectivity index (χ1n) is 6.21. The molecule has 0 amide bonds. The smallest absolute Gasteiger partial charge is 0.0472 e.